The van der Waals surface area contributed by atoms with Crippen molar-refractivity contribution in [3.05, 3.63) is 0 Å². The summed E-state index contributed by atoms with van der Waals surface area (Å²) in [6.45, 7) is 14.4. The summed E-state index contributed by atoms with van der Waals surface area (Å²) in [7, 11) is 0. The molecule has 100 valence electrons. The van der Waals surface area contributed by atoms with Gasteiger partial charge in [0.15, 0.2) is 0 Å². The Hall–Kier alpha value is -0.730. The highest BCUT2D eigenvalue weighted by Gasteiger charge is 2.42. The maximum absolute atomic E-state index is 12.2. The second-order valence-electron chi connectivity index (χ2n) is 7.20. The Balaban J connectivity index is 2.82. The number of hydrogen-bond donors (Lipinski definition) is 0. The quantitative estimate of drug-likeness (QED) is 0.645. The number of amides is 1. The lowest BCUT2D eigenvalue weighted by Gasteiger charge is -2.37. The number of carbonyl (C=O) groups is 1. The second kappa shape index (κ2) is 4.51. The fourth-order valence-corrected chi connectivity index (χ4v) is 2.46. The van der Waals surface area contributed by atoms with Gasteiger partial charge in [-0.05, 0) is 46.0 Å². The van der Waals surface area contributed by atoms with Gasteiger partial charge in [-0.1, -0.05) is 20.8 Å². The van der Waals surface area contributed by atoms with Gasteiger partial charge in [-0.15, -0.1) is 0 Å². The van der Waals surface area contributed by atoms with Gasteiger partial charge < -0.3 is 9.64 Å². The largest absolute Gasteiger partial charge is 0.444 e. The van der Waals surface area contributed by atoms with E-state index in [9.17, 15) is 4.79 Å². The van der Waals surface area contributed by atoms with E-state index in [0.717, 1.165) is 12.8 Å². The third-order valence-electron chi connectivity index (χ3n) is 3.27. The number of hydrogen-bond acceptors (Lipinski definition) is 2. The van der Waals surface area contributed by atoms with Crippen LogP contribution in [-0.2, 0) is 4.74 Å². The summed E-state index contributed by atoms with van der Waals surface area (Å²) in [6, 6.07) is 0.571. The molecule has 3 nitrogen and oxygen atoms in total. The molecule has 0 aromatic carbocycles. The lowest BCUT2D eigenvalue weighted by atomic mass is 9.85. The average molecular weight is 241 g/mol. The van der Waals surface area contributed by atoms with E-state index in [4.69, 9.17) is 4.74 Å². The molecular formula is C14H27NO2. The first-order valence-corrected chi connectivity index (χ1v) is 6.53. The van der Waals surface area contributed by atoms with E-state index in [0.29, 0.717) is 0 Å². The molecule has 0 saturated carbocycles. The van der Waals surface area contributed by atoms with Crippen LogP contribution in [0.1, 0.15) is 61.3 Å². The fourth-order valence-electron chi connectivity index (χ4n) is 2.46. The van der Waals surface area contributed by atoms with E-state index in [1.165, 1.54) is 0 Å². The topological polar surface area (TPSA) is 29.5 Å². The third-order valence-corrected chi connectivity index (χ3v) is 3.27. The van der Waals surface area contributed by atoms with Crippen molar-refractivity contribution in [2.75, 3.05) is 0 Å². The van der Waals surface area contributed by atoms with E-state index in [1.54, 1.807) is 0 Å². The Labute approximate surface area is 106 Å². The lowest BCUT2D eigenvalue weighted by Crippen LogP contribution is -2.48. The Morgan fingerprint density at radius 1 is 1.12 bits per heavy atom. The number of likely N-dealkylation sites (tertiary alicyclic amines) is 1. The normalized spacial score (nSPS) is 26.2. The van der Waals surface area contributed by atoms with Crippen molar-refractivity contribution in [3.8, 4) is 0 Å². The molecule has 1 amide bonds. The molecular weight excluding hydrogens is 214 g/mol. The smallest absolute Gasteiger partial charge is 0.410 e. The molecule has 0 bridgehead atoms. The third kappa shape index (κ3) is 3.62. The molecule has 1 unspecified atom stereocenters. The molecule has 2 atom stereocenters. The zero-order valence-corrected chi connectivity index (χ0v) is 12.3. The molecule has 3 heteroatoms. The molecule has 17 heavy (non-hydrogen) atoms. The minimum absolute atomic E-state index is 0.113. The van der Waals surface area contributed by atoms with Crippen molar-refractivity contribution < 1.29 is 9.53 Å². The predicted octanol–water partition coefficient (Wildman–Crippen LogP) is 3.82. The van der Waals surface area contributed by atoms with E-state index in [-0.39, 0.29) is 23.6 Å². The van der Waals surface area contributed by atoms with E-state index < -0.39 is 5.60 Å². The minimum atomic E-state index is -0.415. The van der Waals surface area contributed by atoms with Crippen molar-refractivity contribution in [2.45, 2.75) is 79.0 Å². The Morgan fingerprint density at radius 2 is 1.65 bits per heavy atom. The molecule has 0 radical (unpaired) electrons. The Morgan fingerprint density at radius 3 is 2.06 bits per heavy atom. The van der Waals surface area contributed by atoms with Gasteiger partial charge in [0.05, 0.1) is 0 Å². The average Bonchev–Trinajstić information content (AvgIpc) is 2.42. The second-order valence-corrected chi connectivity index (χ2v) is 7.20. The van der Waals surface area contributed by atoms with Crippen LogP contribution in [0.4, 0.5) is 4.79 Å². The summed E-state index contributed by atoms with van der Waals surface area (Å²) < 4.78 is 5.50. The number of carbonyl (C=O) groups excluding carboxylic acids is 1. The van der Waals surface area contributed by atoms with Crippen molar-refractivity contribution in [2.24, 2.45) is 5.41 Å². The molecule has 1 aliphatic rings. The van der Waals surface area contributed by atoms with Crippen LogP contribution in [0.2, 0.25) is 0 Å². The lowest BCUT2D eigenvalue weighted by molar-refractivity contribution is 0.00456. The van der Waals surface area contributed by atoms with Crippen LogP contribution >= 0.6 is 0 Å². The fraction of sp³-hybridized carbons (Fsp3) is 0.929. The van der Waals surface area contributed by atoms with Gasteiger partial charge in [0.25, 0.3) is 0 Å². The summed E-state index contributed by atoms with van der Waals surface area (Å²) in [5, 5.41) is 0. The number of ether oxygens (including phenoxy) is 1. The molecule has 1 saturated heterocycles. The molecule has 1 aliphatic heterocycles. The maximum Gasteiger partial charge on any atom is 0.410 e. The van der Waals surface area contributed by atoms with Crippen molar-refractivity contribution in [1.82, 2.24) is 4.90 Å². The maximum atomic E-state index is 12.2. The van der Waals surface area contributed by atoms with Crippen LogP contribution < -0.4 is 0 Å². The molecule has 0 aromatic heterocycles. The summed E-state index contributed by atoms with van der Waals surface area (Å²) in [4.78, 5) is 14.2. The van der Waals surface area contributed by atoms with Gasteiger partial charge in [0.1, 0.15) is 5.60 Å². The van der Waals surface area contributed by atoms with Gasteiger partial charge >= 0.3 is 6.09 Å². The van der Waals surface area contributed by atoms with Crippen LogP contribution in [0, 0.1) is 5.41 Å². The summed E-state index contributed by atoms with van der Waals surface area (Å²) in [5.74, 6) is 0. The highest BCUT2D eigenvalue weighted by atomic mass is 16.6. The van der Waals surface area contributed by atoms with Crippen LogP contribution in [-0.4, -0.2) is 28.7 Å². The summed E-state index contributed by atoms with van der Waals surface area (Å²) in [5.41, 5.74) is -0.302. The standard InChI is InChI=1S/C14H27NO2/c1-10-8-9-11(13(2,3)4)15(10)12(16)17-14(5,6)7/h10-11H,8-9H2,1-7H3/t10?,11-/m0/s1. The number of nitrogens with zero attached hydrogens (tertiary/aromatic N) is 1. The first-order chi connectivity index (χ1) is 7.52. The van der Waals surface area contributed by atoms with Gasteiger partial charge in [0.2, 0.25) is 0 Å². The molecule has 0 N–H and O–H groups in total. The molecule has 0 aromatic rings. The van der Waals surface area contributed by atoms with Gasteiger partial charge in [-0.2, -0.15) is 0 Å². The minimum Gasteiger partial charge on any atom is -0.444 e. The van der Waals surface area contributed by atoms with Crippen LogP contribution in [0.25, 0.3) is 0 Å². The van der Waals surface area contributed by atoms with Crippen molar-refractivity contribution >= 4 is 6.09 Å². The predicted molar refractivity (Wildman–Crippen MR) is 70.0 cm³/mol. The van der Waals surface area contributed by atoms with Crippen LogP contribution in [0.15, 0.2) is 0 Å². The monoisotopic (exact) mass is 241 g/mol. The molecule has 0 aliphatic carbocycles. The van der Waals surface area contributed by atoms with Crippen LogP contribution in [0.3, 0.4) is 0 Å². The zero-order chi connectivity index (χ0) is 13.4. The summed E-state index contributed by atoms with van der Waals surface area (Å²) in [6.07, 6.45) is 1.98. The number of rotatable bonds is 0. The van der Waals surface area contributed by atoms with Crippen LogP contribution in [0.5, 0.6) is 0 Å². The molecule has 1 fully saturated rings. The highest BCUT2D eigenvalue weighted by molar-refractivity contribution is 5.69. The van der Waals surface area contributed by atoms with Gasteiger partial charge in [-0.25, -0.2) is 4.79 Å². The molecule has 1 rings (SSSR count). The first kappa shape index (κ1) is 14.3. The van der Waals surface area contributed by atoms with E-state index in [2.05, 4.69) is 27.7 Å². The molecule has 1 heterocycles. The van der Waals surface area contributed by atoms with Gasteiger partial charge in [0, 0.05) is 12.1 Å². The highest BCUT2D eigenvalue weighted by Crippen LogP contribution is 2.36. The van der Waals surface area contributed by atoms with Gasteiger partial charge in [-0.3, -0.25) is 0 Å². The van der Waals surface area contributed by atoms with Crippen molar-refractivity contribution in [3.63, 3.8) is 0 Å². The van der Waals surface area contributed by atoms with E-state index >= 15 is 0 Å². The molecule has 0 spiro atoms. The Kier molecular flexibility index (Phi) is 3.80. The summed E-state index contributed by atoms with van der Waals surface area (Å²) >= 11 is 0. The Bertz CT molecular complexity index is 286. The van der Waals surface area contributed by atoms with Crippen molar-refractivity contribution in [1.29, 1.82) is 0 Å². The van der Waals surface area contributed by atoms with E-state index in [1.807, 2.05) is 25.7 Å². The zero-order valence-electron chi connectivity index (χ0n) is 12.3. The first-order valence-electron chi connectivity index (χ1n) is 6.53. The SMILES string of the molecule is CC1CC[C@@H](C(C)(C)C)N1C(=O)OC(C)(C)C.